The molecule has 24 heavy (non-hydrogen) atoms. The Morgan fingerprint density at radius 2 is 1.92 bits per heavy atom. The summed E-state index contributed by atoms with van der Waals surface area (Å²) in [5.41, 5.74) is -1.29. The van der Waals surface area contributed by atoms with Gasteiger partial charge in [-0.2, -0.15) is 0 Å². The molecule has 1 aliphatic carbocycles. The van der Waals surface area contributed by atoms with Crippen LogP contribution in [0, 0.1) is 0 Å². The van der Waals surface area contributed by atoms with Gasteiger partial charge in [-0.05, 0) is 26.7 Å². The summed E-state index contributed by atoms with van der Waals surface area (Å²) in [6, 6.07) is 1.60. The lowest BCUT2D eigenvalue weighted by molar-refractivity contribution is -0.124. The highest BCUT2D eigenvalue weighted by Gasteiger charge is 2.40. The third-order valence-corrected chi connectivity index (χ3v) is 6.58. The van der Waals surface area contributed by atoms with Crippen LogP contribution in [-0.4, -0.2) is 36.4 Å². The highest BCUT2D eigenvalue weighted by Crippen LogP contribution is 2.30. The first-order chi connectivity index (χ1) is 11.0. The van der Waals surface area contributed by atoms with E-state index in [-0.39, 0.29) is 12.4 Å². The molecular formula is C16H26N2O5S. The highest BCUT2D eigenvalue weighted by atomic mass is 32.2. The van der Waals surface area contributed by atoms with Gasteiger partial charge in [0.2, 0.25) is 15.9 Å². The lowest BCUT2D eigenvalue weighted by Crippen LogP contribution is -2.45. The number of carbonyl (C=O) groups is 1. The van der Waals surface area contributed by atoms with Crippen molar-refractivity contribution in [3.8, 4) is 0 Å². The summed E-state index contributed by atoms with van der Waals surface area (Å²) in [5, 5.41) is 12.8. The summed E-state index contributed by atoms with van der Waals surface area (Å²) < 4.78 is 32.1. The number of aromatic nitrogens is 1. The molecule has 2 N–H and O–H groups in total. The van der Waals surface area contributed by atoms with E-state index in [0.29, 0.717) is 18.5 Å². The molecule has 7 nitrogen and oxygen atoms in total. The predicted octanol–water partition coefficient (Wildman–Crippen LogP) is 1.61. The number of aliphatic hydroxyl groups is 1. The Kier molecular flexibility index (Phi) is 5.11. The van der Waals surface area contributed by atoms with Crippen LogP contribution in [0.1, 0.15) is 64.8 Å². The second-order valence-corrected chi connectivity index (χ2v) is 9.59. The number of carbonyl (C=O) groups excluding carboxylic acids is 1. The van der Waals surface area contributed by atoms with E-state index < -0.39 is 32.0 Å². The molecule has 0 bridgehead atoms. The van der Waals surface area contributed by atoms with Gasteiger partial charge in [-0.3, -0.25) is 9.52 Å². The summed E-state index contributed by atoms with van der Waals surface area (Å²) in [5.74, 6) is -0.378. The molecule has 1 heterocycles. The maximum absolute atomic E-state index is 12.5. The van der Waals surface area contributed by atoms with Crippen molar-refractivity contribution in [1.82, 2.24) is 9.88 Å². The first-order valence-electron chi connectivity index (χ1n) is 8.15. The van der Waals surface area contributed by atoms with Gasteiger partial charge in [0.1, 0.15) is 5.41 Å². The van der Waals surface area contributed by atoms with Crippen molar-refractivity contribution in [2.24, 2.45) is 0 Å². The summed E-state index contributed by atoms with van der Waals surface area (Å²) in [4.78, 5) is 12.5. The number of nitrogens with zero attached hydrogens (tertiary/aromatic N) is 1. The normalized spacial score (nSPS) is 17.2. The van der Waals surface area contributed by atoms with Gasteiger partial charge in [0, 0.05) is 11.5 Å². The van der Waals surface area contributed by atoms with E-state index in [1.165, 1.54) is 0 Å². The second-order valence-electron chi connectivity index (χ2n) is 7.63. The maximum Gasteiger partial charge on any atom is 0.246 e. The molecule has 8 heteroatoms. The van der Waals surface area contributed by atoms with Gasteiger partial charge in [0.15, 0.2) is 5.76 Å². The van der Waals surface area contributed by atoms with Crippen LogP contribution in [0.2, 0.25) is 0 Å². The monoisotopic (exact) mass is 358 g/mol. The van der Waals surface area contributed by atoms with Gasteiger partial charge in [-0.1, -0.05) is 31.8 Å². The molecule has 0 aromatic carbocycles. The largest absolute Gasteiger partial charge is 0.395 e. The maximum atomic E-state index is 12.5. The van der Waals surface area contributed by atoms with E-state index in [2.05, 4.69) is 9.88 Å². The molecule has 1 aromatic rings. The first-order valence-corrected chi connectivity index (χ1v) is 9.70. The Morgan fingerprint density at radius 3 is 2.46 bits per heavy atom. The standard InChI is InChI=1S/C16H26N2O5S/c1-15(2,10-19)12-9-13(23-17-12)16(3,4)14(20)18-24(21,22)11-7-5-6-8-11/h9,11,19H,5-8,10H2,1-4H3,(H,18,20). The minimum Gasteiger partial charge on any atom is -0.395 e. The Balaban J connectivity index is 2.19. The quantitative estimate of drug-likeness (QED) is 0.799. The number of hydrogen-bond donors (Lipinski definition) is 2. The van der Waals surface area contributed by atoms with E-state index in [9.17, 15) is 18.3 Å². The zero-order valence-electron chi connectivity index (χ0n) is 14.6. The van der Waals surface area contributed by atoms with Gasteiger partial charge < -0.3 is 9.63 Å². The fourth-order valence-electron chi connectivity index (χ4n) is 2.62. The van der Waals surface area contributed by atoms with Crippen LogP contribution < -0.4 is 4.72 Å². The topological polar surface area (TPSA) is 110 Å². The molecule has 0 aliphatic heterocycles. The van der Waals surface area contributed by atoms with Gasteiger partial charge in [-0.25, -0.2) is 8.42 Å². The average Bonchev–Trinajstić information content (AvgIpc) is 3.18. The van der Waals surface area contributed by atoms with Crippen LogP contribution in [-0.2, 0) is 25.6 Å². The number of hydrogen-bond acceptors (Lipinski definition) is 6. The summed E-state index contributed by atoms with van der Waals surface area (Å²) >= 11 is 0. The smallest absolute Gasteiger partial charge is 0.246 e. The molecule has 0 atom stereocenters. The number of amides is 1. The van der Waals surface area contributed by atoms with Gasteiger partial charge in [0.05, 0.1) is 17.6 Å². The number of sulfonamides is 1. The Hall–Kier alpha value is -1.41. The molecule has 0 spiro atoms. The molecule has 1 saturated carbocycles. The van der Waals surface area contributed by atoms with Gasteiger partial charge in [-0.15, -0.1) is 0 Å². The molecule has 2 rings (SSSR count). The van der Waals surface area contributed by atoms with Gasteiger partial charge >= 0.3 is 0 Å². The zero-order valence-corrected chi connectivity index (χ0v) is 15.4. The van der Waals surface area contributed by atoms with E-state index in [1.54, 1.807) is 33.8 Å². The van der Waals surface area contributed by atoms with Crippen LogP contribution in [0.3, 0.4) is 0 Å². The fourth-order valence-corrected chi connectivity index (χ4v) is 4.25. The molecule has 1 amide bonds. The van der Waals surface area contributed by atoms with Crippen LogP contribution in [0.4, 0.5) is 0 Å². The number of aliphatic hydroxyl groups excluding tert-OH is 1. The van der Waals surface area contributed by atoms with Crippen molar-refractivity contribution in [3.63, 3.8) is 0 Å². The van der Waals surface area contributed by atoms with E-state index in [0.717, 1.165) is 12.8 Å². The second kappa shape index (κ2) is 6.48. The van der Waals surface area contributed by atoms with E-state index in [4.69, 9.17) is 4.52 Å². The third-order valence-electron chi connectivity index (χ3n) is 4.76. The van der Waals surface area contributed by atoms with E-state index in [1.807, 2.05) is 0 Å². The molecule has 1 aromatic heterocycles. The first kappa shape index (κ1) is 18.9. The minimum absolute atomic E-state index is 0.123. The van der Waals surface area contributed by atoms with Crippen LogP contribution >= 0.6 is 0 Å². The zero-order chi connectivity index (χ0) is 18.2. The summed E-state index contributed by atoms with van der Waals surface area (Å²) in [6.07, 6.45) is 2.90. The SMILES string of the molecule is CC(C)(CO)c1cc(C(C)(C)C(=O)NS(=O)(=O)C2CCCC2)on1. The molecule has 0 unspecified atom stereocenters. The third kappa shape index (κ3) is 3.64. The summed E-state index contributed by atoms with van der Waals surface area (Å²) in [6.45, 7) is 6.64. The van der Waals surface area contributed by atoms with Crippen molar-refractivity contribution in [3.05, 3.63) is 17.5 Å². The van der Waals surface area contributed by atoms with Crippen LogP contribution in [0.15, 0.2) is 10.6 Å². The Bertz CT molecular complexity index is 700. The average molecular weight is 358 g/mol. The molecule has 0 saturated heterocycles. The predicted molar refractivity (Wildman–Crippen MR) is 89.0 cm³/mol. The van der Waals surface area contributed by atoms with Crippen molar-refractivity contribution in [1.29, 1.82) is 0 Å². The fraction of sp³-hybridized carbons (Fsp3) is 0.750. The molecular weight excluding hydrogens is 332 g/mol. The van der Waals surface area contributed by atoms with Crippen molar-refractivity contribution in [2.45, 2.75) is 69.5 Å². The molecule has 1 aliphatic rings. The Morgan fingerprint density at radius 1 is 1.33 bits per heavy atom. The molecule has 0 radical (unpaired) electrons. The lowest BCUT2D eigenvalue weighted by Gasteiger charge is -2.22. The van der Waals surface area contributed by atoms with E-state index >= 15 is 0 Å². The van der Waals surface area contributed by atoms with Crippen LogP contribution in [0.25, 0.3) is 0 Å². The van der Waals surface area contributed by atoms with Gasteiger partial charge in [0.25, 0.3) is 0 Å². The lowest BCUT2D eigenvalue weighted by atomic mass is 9.86. The molecule has 136 valence electrons. The van der Waals surface area contributed by atoms with Crippen molar-refractivity contribution < 1.29 is 22.8 Å². The number of rotatable bonds is 6. The minimum atomic E-state index is -3.68. The Labute approximate surface area is 142 Å². The van der Waals surface area contributed by atoms with Crippen molar-refractivity contribution >= 4 is 15.9 Å². The summed E-state index contributed by atoms with van der Waals surface area (Å²) in [7, 11) is -3.68. The number of nitrogens with one attached hydrogen (secondary N) is 1. The van der Waals surface area contributed by atoms with Crippen molar-refractivity contribution in [2.75, 3.05) is 6.61 Å². The van der Waals surface area contributed by atoms with Crippen LogP contribution in [0.5, 0.6) is 0 Å². The highest BCUT2D eigenvalue weighted by molar-refractivity contribution is 7.90. The molecule has 1 fully saturated rings.